The molecule has 96 valence electrons. The molecule has 0 aromatic carbocycles. The second-order valence-electron chi connectivity index (χ2n) is 4.32. The summed E-state index contributed by atoms with van der Waals surface area (Å²) in [7, 11) is 2.09. The first kappa shape index (κ1) is 12.3. The fourth-order valence-corrected chi connectivity index (χ4v) is 1.78. The number of hydrogen-bond acceptors (Lipinski definition) is 7. The molecule has 1 aromatic rings. The molecule has 17 heavy (non-hydrogen) atoms. The molecular weight excluding hydrogens is 222 g/mol. The van der Waals surface area contributed by atoms with Crippen molar-refractivity contribution in [2.24, 2.45) is 5.73 Å². The van der Waals surface area contributed by atoms with E-state index in [1.165, 1.54) is 0 Å². The Hall–Kier alpha value is -1.18. The highest BCUT2D eigenvalue weighted by Gasteiger charge is 2.21. The van der Waals surface area contributed by atoms with E-state index in [0.717, 1.165) is 26.2 Å². The topological polar surface area (TPSA) is 91.7 Å². The maximum Gasteiger partial charge on any atom is 0.266 e. The van der Waals surface area contributed by atoms with E-state index in [1.807, 2.05) is 0 Å². The van der Waals surface area contributed by atoms with Gasteiger partial charge in [-0.15, -0.1) is 0 Å². The summed E-state index contributed by atoms with van der Waals surface area (Å²) >= 11 is 0. The molecule has 0 spiro atoms. The highest BCUT2D eigenvalue weighted by Crippen LogP contribution is 2.18. The lowest BCUT2D eigenvalue weighted by Crippen LogP contribution is -2.44. The van der Waals surface area contributed by atoms with Gasteiger partial charge in [0.25, 0.3) is 11.8 Å². The molecule has 0 aliphatic carbocycles. The van der Waals surface area contributed by atoms with E-state index >= 15 is 0 Å². The minimum Gasteiger partial charge on any atom is -0.383 e. The Morgan fingerprint density at radius 1 is 1.41 bits per heavy atom. The molecule has 1 aromatic heterocycles. The Morgan fingerprint density at radius 2 is 2.12 bits per heavy atom. The number of anilines is 1. The number of hydrogen-bond donors (Lipinski definition) is 2. The standard InChI is InChI=1S/C10H19N5O2/c1-14-4-6-15(7-5-14)10-12-9(17-13-10)8(16)2-3-11/h8,16H,2-7,11H2,1H3/t8-/m0/s1. The van der Waals surface area contributed by atoms with E-state index < -0.39 is 6.10 Å². The lowest BCUT2D eigenvalue weighted by Gasteiger charge is -2.31. The first-order valence-corrected chi connectivity index (χ1v) is 5.86. The maximum atomic E-state index is 9.67. The van der Waals surface area contributed by atoms with Crippen LogP contribution in [0, 0.1) is 0 Å². The maximum absolute atomic E-state index is 9.67. The van der Waals surface area contributed by atoms with Crippen LogP contribution in [-0.2, 0) is 0 Å². The summed E-state index contributed by atoms with van der Waals surface area (Å²) in [5, 5.41) is 13.6. The van der Waals surface area contributed by atoms with Gasteiger partial charge in [0.15, 0.2) is 0 Å². The highest BCUT2D eigenvalue weighted by atomic mass is 16.5. The second-order valence-corrected chi connectivity index (χ2v) is 4.32. The predicted octanol–water partition coefficient (Wildman–Crippen LogP) is -0.796. The molecule has 2 heterocycles. The van der Waals surface area contributed by atoms with Gasteiger partial charge in [-0.2, -0.15) is 4.98 Å². The number of aliphatic hydroxyl groups is 1. The molecule has 3 N–H and O–H groups in total. The van der Waals surface area contributed by atoms with Gasteiger partial charge in [0.1, 0.15) is 6.10 Å². The van der Waals surface area contributed by atoms with Crippen molar-refractivity contribution in [3.63, 3.8) is 0 Å². The number of aromatic nitrogens is 2. The summed E-state index contributed by atoms with van der Waals surface area (Å²) in [6.07, 6.45) is -0.321. The van der Waals surface area contributed by atoms with E-state index in [-0.39, 0.29) is 5.89 Å². The molecule has 2 rings (SSSR count). The molecule has 0 amide bonds. The van der Waals surface area contributed by atoms with Gasteiger partial charge in [0.05, 0.1) is 0 Å². The van der Waals surface area contributed by atoms with Crippen LogP contribution in [-0.4, -0.2) is 59.9 Å². The van der Waals surface area contributed by atoms with Crippen LogP contribution in [0.4, 0.5) is 5.95 Å². The predicted molar refractivity (Wildman–Crippen MR) is 62.6 cm³/mol. The molecule has 0 bridgehead atoms. The van der Waals surface area contributed by atoms with E-state index in [2.05, 4.69) is 27.0 Å². The summed E-state index contributed by atoms with van der Waals surface area (Å²) in [5.41, 5.74) is 5.37. The van der Waals surface area contributed by atoms with E-state index in [4.69, 9.17) is 10.3 Å². The van der Waals surface area contributed by atoms with Gasteiger partial charge in [-0.25, -0.2) is 0 Å². The lowest BCUT2D eigenvalue weighted by atomic mass is 10.2. The molecule has 1 saturated heterocycles. The van der Waals surface area contributed by atoms with Crippen molar-refractivity contribution in [2.75, 3.05) is 44.7 Å². The lowest BCUT2D eigenvalue weighted by molar-refractivity contribution is 0.127. The molecule has 0 unspecified atom stereocenters. The molecule has 1 atom stereocenters. The molecule has 1 aliphatic heterocycles. The molecule has 7 nitrogen and oxygen atoms in total. The number of rotatable bonds is 4. The minimum atomic E-state index is -0.756. The SMILES string of the molecule is CN1CCN(c2noc([C@@H](O)CCN)n2)CC1. The van der Waals surface area contributed by atoms with Crippen molar-refractivity contribution >= 4 is 5.95 Å². The van der Waals surface area contributed by atoms with Crippen molar-refractivity contribution < 1.29 is 9.63 Å². The van der Waals surface area contributed by atoms with Gasteiger partial charge in [-0.05, 0) is 25.2 Å². The van der Waals surface area contributed by atoms with Gasteiger partial charge in [-0.3, -0.25) is 0 Å². The zero-order chi connectivity index (χ0) is 12.3. The molecule has 1 fully saturated rings. The quantitative estimate of drug-likeness (QED) is 0.713. The van der Waals surface area contributed by atoms with E-state index in [1.54, 1.807) is 0 Å². The number of nitrogens with two attached hydrogens (primary N) is 1. The van der Waals surface area contributed by atoms with E-state index in [0.29, 0.717) is 18.9 Å². The molecule has 1 aliphatic rings. The normalized spacial score (nSPS) is 19.6. The first-order chi connectivity index (χ1) is 8.20. The number of nitrogens with zero attached hydrogens (tertiary/aromatic N) is 4. The van der Waals surface area contributed by atoms with Crippen LogP contribution < -0.4 is 10.6 Å². The monoisotopic (exact) mass is 241 g/mol. The Kier molecular flexibility index (Phi) is 3.93. The van der Waals surface area contributed by atoms with Crippen molar-refractivity contribution in [1.82, 2.24) is 15.0 Å². The van der Waals surface area contributed by atoms with Crippen molar-refractivity contribution in [3.8, 4) is 0 Å². The number of piperazine rings is 1. The van der Waals surface area contributed by atoms with Crippen LogP contribution in [0.15, 0.2) is 4.52 Å². The number of likely N-dealkylation sites (N-methyl/N-ethyl adjacent to an activating group) is 1. The smallest absolute Gasteiger partial charge is 0.266 e. The van der Waals surface area contributed by atoms with Crippen LogP contribution in [0.5, 0.6) is 0 Å². The average molecular weight is 241 g/mol. The molecule has 7 heteroatoms. The minimum absolute atomic E-state index is 0.254. The third kappa shape index (κ3) is 2.93. The summed E-state index contributed by atoms with van der Waals surface area (Å²) in [6, 6.07) is 0. The third-order valence-corrected chi connectivity index (χ3v) is 2.94. The molecular formula is C10H19N5O2. The van der Waals surface area contributed by atoms with Crippen LogP contribution in [0.1, 0.15) is 18.4 Å². The molecule has 0 radical (unpaired) electrons. The van der Waals surface area contributed by atoms with Crippen LogP contribution >= 0.6 is 0 Å². The van der Waals surface area contributed by atoms with E-state index in [9.17, 15) is 5.11 Å². The molecule has 0 saturated carbocycles. The van der Waals surface area contributed by atoms with Gasteiger partial charge in [0, 0.05) is 26.2 Å². The number of aliphatic hydroxyl groups excluding tert-OH is 1. The van der Waals surface area contributed by atoms with Crippen molar-refractivity contribution in [2.45, 2.75) is 12.5 Å². The van der Waals surface area contributed by atoms with Gasteiger partial charge in [0.2, 0.25) is 0 Å². The Labute approximate surface area is 100 Å². The third-order valence-electron chi connectivity index (χ3n) is 2.94. The van der Waals surface area contributed by atoms with Crippen LogP contribution in [0.3, 0.4) is 0 Å². The fraction of sp³-hybridized carbons (Fsp3) is 0.800. The van der Waals surface area contributed by atoms with Crippen molar-refractivity contribution in [1.29, 1.82) is 0 Å². The van der Waals surface area contributed by atoms with Gasteiger partial charge < -0.3 is 25.2 Å². The Balaban J connectivity index is 1.98. The first-order valence-electron chi connectivity index (χ1n) is 5.86. The zero-order valence-corrected chi connectivity index (χ0v) is 10.0. The largest absolute Gasteiger partial charge is 0.383 e. The van der Waals surface area contributed by atoms with Gasteiger partial charge in [-0.1, -0.05) is 0 Å². The second kappa shape index (κ2) is 5.44. The average Bonchev–Trinajstić information content (AvgIpc) is 2.80. The zero-order valence-electron chi connectivity index (χ0n) is 10.0. The van der Waals surface area contributed by atoms with Gasteiger partial charge >= 0.3 is 0 Å². The van der Waals surface area contributed by atoms with Crippen molar-refractivity contribution in [3.05, 3.63) is 5.89 Å². The Bertz CT molecular complexity index is 348. The highest BCUT2D eigenvalue weighted by molar-refractivity contribution is 5.28. The fourth-order valence-electron chi connectivity index (χ4n) is 1.78. The van der Waals surface area contributed by atoms with Crippen LogP contribution in [0.2, 0.25) is 0 Å². The van der Waals surface area contributed by atoms with Crippen LogP contribution in [0.25, 0.3) is 0 Å². The summed E-state index contributed by atoms with van der Waals surface area (Å²) in [4.78, 5) is 8.51. The summed E-state index contributed by atoms with van der Waals surface area (Å²) in [6.45, 7) is 4.11. The Morgan fingerprint density at radius 3 is 2.76 bits per heavy atom. The summed E-state index contributed by atoms with van der Waals surface area (Å²) in [5.74, 6) is 0.813. The summed E-state index contributed by atoms with van der Waals surface area (Å²) < 4.78 is 5.04.